The lowest BCUT2D eigenvalue weighted by Gasteiger charge is -2.29. The van der Waals surface area contributed by atoms with Crippen molar-refractivity contribution in [2.24, 2.45) is 5.92 Å². The molecule has 0 aliphatic heterocycles. The zero-order valence-corrected chi connectivity index (χ0v) is 20.9. The van der Waals surface area contributed by atoms with E-state index in [-0.39, 0.29) is 5.41 Å². The van der Waals surface area contributed by atoms with Gasteiger partial charge in [0.15, 0.2) is 0 Å². The Morgan fingerprint density at radius 1 is 0.788 bits per heavy atom. The molecule has 1 aliphatic carbocycles. The van der Waals surface area contributed by atoms with Gasteiger partial charge in [-0.3, -0.25) is 0 Å². The Labute approximate surface area is 198 Å². The number of benzene rings is 3. The van der Waals surface area contributed by atoms with Crippen molar-refractivity contribution in [1.29, 1.82) is 0 Å². The van der Waals surface area contributed by atoms with Crippen LogP contribution in [0.25, 0.3) is 33.3 Å². The third-order valence-corrected chi connectivity index (χ3v) is 7.63. The average Bonchev–Trinajstić information content (AvgIpc) is 3.06. The second kappa shape index (κ2) is 8.13. The zero-order valence-electron chi connectivity index (χ0n) is 20.9. The molecule has 0 unspecified atom stereocenters. The number of aryl methyl sites for hydroxylation is 2. The lowest BCUT2D eigenvalue weighted by atomic mass is 9.73. The highest BCUT2D eigenvalue weighted by atomic mass is 14.7. The highest BCUT2D eigenvalue weighted by Crippen LogP contribution is 2.53. The minimum Gasteiger partial charge on any atom is -0.248 e. The molecule has 1 aromatic heterocycles. The van der Waals surface area contributed by atoms with Crippen molar-refractivity contribution in [2.75, 3.05) is 0 Å². The van der Waals surface area contributed by atoms with Gasteiger partial charge in [-0.25, -0.2) is 4.98 Å². The van der Waals surface area contributed by atoms with E-state index in [1.807, 2.05) is 0 Å². The van der Waals surface area contributed by atoms with Gasteiger partial charge in [0.25, 0.3) is 0 Å². The minimum absolute atomic E-state index is 0.0793. The van der Waals surface area contributed by atoms with E-state index >= 15 is 0 Å². The quantitative estimate of drug-likeness (QED) is 0.306. The van der Waals surface area contributed by atoms with E-state index in [1.54, 1.807) is 0 Å². The van der Waals surface area contributed by atoms with Gasteiger partial charge in [-0.2, -0.15) is 0 Å². The normalized spacial score (nSPS) is 14.0. The Morgan fingerprint density at radius 2 is 1.48 bits per heavy atom. The van der Waals surface area contributed by atoms with Crippen LogP contribution in [0.4, 0.5) is 0 Å². The summed E-state index contributed by atoms with van der Waals surface area (Å²) in [6.07, 6.45) is 3.27. The molecule has 1 heterocycles. The largest absolute Gasteiger partial charge is 0.248 e. The Morgan fingerprint density at radius 3 is 2.15 bits per heavy atom. The van der Waals surface area contributed by atoms with Crippen molar-refractivity contribution < 1.29 is 0 Å². The fraction of sp³-hybridized carbons (Fsp3) is 0.344. The van der Waals surface area contributed by atoms with E-state index in [2.05, 4.69) is 102 Å². The molecule has 0 amide bonds. The van der Waals surface area contributed by atoms with Crippen LogP contribution in [0.3, 0.4) is 0 Å². The van der Waals surface area contributed by atoms with E-state index in [0.717, 1.165) is 30.5 Å². The highest BCUT2D eigenvalue weighted by molar-refractivity contribution is 5.94. The lowest BCUT2D eigenvalue weighted by Crippen LogP contribution is -2.23. The Balaban J connectivity index is 1.82. The van der Waals surface area contributed by atoms with E-state index in [0.29, 0.717) is 5.92 Å². The van der Waals surface area contributed by atoms with E-state index in [9.17, 15) is 0 Å². The van der Waals surface area contributed by atoms with Crippen molar-refractivity contribution in [2.45, 2.75) is 66.2 Å². The second-order valence-corrected chi connectivity index (χ2v) is 10.4. The van der Waals surface area contributed by atoms with Crippen LogP contribution in [0.15, 0.2) is 60.7 Å². The van der Waals surface area contributed by atoms with Gasteiger partial charge in [0.2, 0.25) is 0 Å². The first-order valence-electron chi connectivity index (χ1n) is 12.5. The molecule has 0 N–H and O–H groups in total. The summed E-state index contributed by atoms with van der Waals surface area (Å²) in [6, 6.07) is 23.0. The SMILES string of the molecule is CCC1(CC)c2ccccc2-c2cc3c(CC(C)C)cc(-c4cc(C)cc(C)c4)nc3cc21. The molecule has 1 heteroatoms. The van der Waals surface area contributed by atoms with Crippen LogP contribution < -0.4 is 0 Å². The van der Waals surface area contributed by atoms with Gasteiger partial charge in [-0.1, -0.05) is 69.2 Å². The van der Waals surface area contributed by atoms with Gasteiger partial charge < -0.3 is 0 Å². The highest BCUT2D eigenvalue weighted by Gasteiger charge is 2.40. The van der Waals surface area contributed by atoms with Gasteiger partial charge in [-0.15, -0.1) is 0 Å². The van der Waals surface area contributed by atoms with Gasteiger partial charge in [0.1, 0.15) is 0 Å². The van der Waals surface area contributed by atoms with Crippen molar-refractivity contribution in [3.05, 3.63) is 88.5 Å². The fourth-order valence-corrected chi connectivity index (χ4v) is 6.13. The first-order valence-corrected chi connectivity index (χ1v) is 12.5. The van der Waals surface area contributed by atoms with Gasteiger partial charge in [0, 0.05) is 16.4 Å². The van der Waals surface area contributed by atoms with Gasteiger partial charge in [0.05, 0.1) is 11.2 Å². The maximum absolute atomic E-state index is 5.27. The van der Waals surface area contributed by atoms with Crippen LogP contribution in [0.1, 0.15) is 68.4 Å². The Hall–Kier alpha value is -2.93. The van der Waals surface area contributed by atoms with Crippen LogP contribution in [-0.4, -0.2) is 4.98 Å². The van der Waals surface area contributed by atoms with Crippen LogP contribution in [-0.2, 0) is 11.8 Å². The molecule has 0 atom stereocenters. The Bertz CT molecular complexity index is 1330. The van der Waals surface area contributed by atoms with Gasteiger partial charge in [-0.05, 0) is 97.2 Å². The van der Waals surface area contributed by atoms with Crippen molar-refractivity contribution in [1.82, 2.24) is 4.98 Å². The summed E-state index contributed by atoms with van der Waals surface area (Å²) in [4.78, 5) is 5.27. The summed E-state index contributed by atoms with van der Waals surface area (Å²) >= 11 is 0. The molecule has 5 rings (SSSR count). The molecule has 0 spiro atoms. The smallest absolute Gasteiger partial charge is 0.0715 e. The van der Waals surface area contributed by atoms with Crippen molar-refractivity contribution in [3.63, 3.8) is 0 Å². The van der Waals surface area contributed by atoms with Crippen LogP contribution in [0.2, 0.25) is 0 Å². The molecule has 168 valence electrons. The van der Waals surface area contributed by atoms with Crippen LogP contribution in [0.5, 0.6) is 0 Å². The standard InChI is InChI=1S/C32H35N/c1-7-32(8-2)28-12-10-9-11-25(28)27-18-26-23(13-20(3)4)17-30(33-31(26)19-29(27)32)24-15-21(5)14-22(6)16-24/h9-12,14-20H,7-8,13H2,1-6H3. The Kier molecular flexibility index (Phi) is 5.40. The summed E-state index contributed by atoms with van der Waals surface area (Å²) in [5.74, 6) is 0.591. The van der Waals surface area contributed by atoms with Gasteiger partial charge >= 0.3 is 0 Å². The molecule has 0 fully saturated rings. The molecular weight excluding hydrogens is 398 g/mol. The number of hydrogen-bond acceptors (Lipinski definition) is 1. The number of hydrogen-bond donors (Lipinski definition) is 0. The number of fused-ring (bicyclic) bond motifs is 4. The third-order valence-electron chi connectivity index (χ3n) is 7.63. The number of pyridine rings is 1. The fourth-order valence-electron chi connectivity index (χ4n) is 6.13. The monoisotopic (exact) mass is 433 g/mol. The topological polar surface area (TPSA) is 12.9 Å². The lowest BCUT2D eigenvalue weighted by molar-refractivity contribution is 0.491. The summed E-state index contributed by atoms with van der Waals surface area (Å²) in [6.45, 7) is 13.6. The van der Waals surface area contributed by atoms with Crippen LogP contribution >= 0.6 is 0 Å². The molecule has 1 aliphatic rings. The third kappa shape index (κ3) is 3.50. The first-order chi connectivity index (χ1) is 15.9. The maximum atomic E-state index is 5.27. The molecule has 0 saturated heterocycles. The maximum Gasteiger partial charge on any atom is 0.0715 e. The average molecular weight is 434 g/mol. The first kappa shape index (κ1) is 21.9. The molecule has 33 heavy (non-hydrogen) atoms. The summed E-state index contributed by atoms with van der Waals surface area (Å²) < 4.78 is 0. The number of aromatic nitrogens is 1. The predicted molar refractivity (Wildman–Crippen MR) is 142 cm³/mol. The molecule has 3 aromatic carbocycles. The molecule has 0 saturated carbocycles. The van der Waals surface area contributed by atoms with Crippen molar-refractivity contribution >= 4 is 10.9 Å². The molecule has 1 nitrogen and oxygen atoms in total. The summed E-state index contributed by atoms with van der Waals surface area (Å²) in [7, 11) is 0. The van der Waals surface area contributed by atoms with E-state index < -0.39 is 0 Å². The van der Waals surface area contributed by atoms with E-state index in [1.165, 1.54) is 49.9 Å². The summed E-state index contributed by atoms with van der Waals surface area (Å²) in [5.41, 5.74) is 13.3. The molecule has 4 aromatic rings. The summed E-state index contributed by atoms with van der Waals surface area (Å²) in [5, 5.41) is 1.31. The minimum atomic E-state index is 0.0793. The van der Waals surface area contributed by atoms with E-state index in [4.69, 9.17) is 4.98 Å². The molecular formula is C32H35N. The van der Waals surface area contributed by atoms with Crippen molar-refractivity contribution in [3.8, 4) is 22.4 Å². The van der Waals surface area contributed by atoms with Crippen LogP contribution in [0, 0.1) is 19.8 Å². The second-order valence-electron chi connectivity index (χ2n) is 10.4. The number of nitrogens with zero attached hydrogens (tertiary/aromatic N) is 1. The molecule has 0 radical (unpaired) electrons. The zero-order chi connectivity index (χ0) is 23.3. The number of rotatable bonds is 5. The predicted octanol–water partition coefficient (Wildman–Crippen LogP) is 8.80. The molecule has 0 bridgehead atoms.